The second kappa shape index (κ2) is 8.32. The average molecular weight is 244 g/mol. The molecule has 1 aromatic carbocycles. The highest BCUT2D eigenvalue weighted by atomic mass is 16.1. The zero-order valence-electron chi connectivity index (χ0n) is 11.1. The Morgan fingerprint density at radius 2 is 2.06 bits per heavy atom. The molecule has 0 bridgehead atoms. The quantitative estimate of drug-likeness (QED) is 0.609. The highest BCUT2D eigenvalue weighted by molar-refractivity contribution is 5.93. The number of carbonyl (C=O) groups is 1. The summed E-state index contributed by atoms with van der Waals surface area (Å²) >= 11 is 0. The highest BCUT2D eigenvalue weighted by Crippen LogP contribution is 2.02. The van der Waals surface area contributed by atoms with Gasteiger partial charge in [-0.15, -0.1) is 0 Å². The van der Waals surface area contributed by atoms with Crippen LogP contribution in [0, 0.1) is 11.8 Å². The van der Waals surface area contributed by atoms with E-state index < -0.39 is 0 Å². The summed E-state index contributed by atoms with van der Waals surface area (Å²) in [4.78, 5) is 13.3. The van der Waals surface area contributed by atoms with Crippen LogP contribution < -0.4 is 5.32 Å². The van der Waals surface area contributed by atoms with Crippen LogP contribution in [0.1, 0.15) is 18.9 Å². The largest absolute Gasteiger partial charge is 0.345 e. The molecule has 3 nitrogen and oxygen atoms in total. The molecular weight excluding hydrogens is 224 g/mol. The van der Waals surface area contributed by atoms with Crippen LogP contribution in [0.25, 0.3) is 0 Å². The van der Waals surface area contributed by atoms with E-state index in [1.54, 1.807) is 6.92 Å². The molecule has 0 spiro atoms. The fraction of sp³-hybridized carbons (Fsp3) is 0.400. The number of nitrogens with one attached hydrogen (secondary N) is 1. The Labute approximate surface area is 109 Å². The maximum absolute atomic E-state index is 11.1. The number of rotatable bonds is 6. The minimum Gasteiger partial charge on any atom is -0.345 e. The first-order valence-electron chi connectivity index (χ1n) is 6.15. The first-order chi connectivity index (χ1) is 8.72. The third-order valence-electron chi connectivity index (χ3n) is 2.54. The van der Waals surface area contributed by atoms with E-state index >= 15 is 0 Å². The van der Waals surface area contributed by atoms with Gasteiger partial charge in [-0.1, -0.05) is 36.3 Å². The number of hydrogen-bond acceptors (Lipinski definition) is 2. The second-order valence-corrected chi connectivity index (χ2v) is 4.21. The van der Waals surface area contributed by atoms with Crippen molar-refractivity contribution in [2.75, 3.05) is 20.1 Å². The Kier molecular flexibility index (Phi) is 6.60. The monoisotopic (exact) mass is 244 g/mol. The fourth-order valence-electron chi connectivity index (χ4n) is 1.68. The standard InChI is InChI=1S/C15H20N2O/c1-3-8-15(18)16-11-7-12-17(2)13-14-9-5-4-6-10-14/h4-6,9-10H,7,11-13H2,1-2H3,(H,16,18). The van der Waals surface area contributed by atoms with E-state index in [1.165, 1.54) is 5.56 Å². The van der Waals surface area contributed by atoms with Crippen molar-refractivity contribution in [3.63, 3.8) is 0 Å². The lowest BCUT2D eigenvalue weighted by Crippen LogP contribution is -2.27. The molecule has 0 radical (unpaired) electrons. The molecule has 96 valence electrons. The molecule has 0 aliphatic heterocycles. The van der Waals surface area contributed by atoms with Crippen molar-refractivity contribution >= 4 is 5.91 Å². The zero-order chi connectivity index (χ0) is 13.2. The summed E-state index contributed by atoms with van der Waals surface area (Å²) in [6.07, 6.45) is 0.931. The van der Waals surface area contributed by atoms with E-state index in [9.17, 15) is 4.79 Å². The summed E-state index contributed by atoms with van der Waals surface area (Å²) in [5, 5.41) is 2.76. The molecule has 0 unspecified atom stereocenters. The van der Waals surface area contributed by atoms with Crippen LogP contribution in [0.15, 0.2) is 30.3 Å². The summed E-state index contributed by atoms with van der Waals surface area (Å²) in [5.41, 5.74) is 1.31. The van der Waals surface area contributed by atoms with E-state index in [0.29, 0.717) is 6.54 Å². The lowest BCUT2D eigenvalue weighted by molar-refractivity contribution is -0.115. The van der Waals surface area contributed by atoms with Crippen LogP contribution in [-0.4, -0.2) is 30.9 Å². The van der Waals surface area contributed by atoms with Gasteiger partial charge in [-0.05, 0) is 38.4 Å². The Morgan fingerprint density at radius 3 is 2.72 bits per heavy atom. The number of hydrogen-bond donors (Lipinski definition) is 1. The topological polar surface area (TPSA) is 32.3 Å². The van der Waals surface area contributed by atoms with Crippen molar-refractivity contribution in [1.82, 2.24) is 10.2 Å². The van der Waals surface area contributed by atoms with Gasteiger partial charge < -0.3 is 10.2 Å². The van der Waals surface area contributed by atoms with Crippen molar-refractivity contribution < 1.29 is 4.79 Å². The van der Waals surface area contributed by atoms with Crippen LogP contribution in [0.4, 0.5) is 0 Å². The lowest BCUT2D eigenvalue weighted by Gasteiger charge is -2.16. The van der Waals surface area contributed by atoms with Crippen molar-refractivity contribution in [3.05, 3.63) is 35.9 Å². The average Bonchev–Trinajstić information content (AvgIpc) is 2.36. The molecule has 1 amide bonds. The van der Waals surface area contributed by atoms with Gasteiger partial charge in [-0.25, -0.2) is 0 Å². The first kappa shape index (κ1) is 14.3. The van der Waals surface area contributed by atoms with Crippen molar-refractivity contribution in [2.45, 2.75) is 19.9 Å². The zero-order valence-corrected chi connectivity index (χ0v) is 11.1. The molecule has 0 aliphatic rings. The number of amides is 1. The SMILES string of the molecule is CC#CC(=O)NCCCN(C)Cc1ccccc1. The summed E-state index contributed by atoms with van der Waals surface area (Å²) in [5.74, 6) is 4.85. The predicted molar refractivity (Wildman–Crippen MR) is 73.9 cm³/mol. The van der Waals surface area contributed by atoms with Gasteiger partial charge in [0.2, 0.25) is 0 Å². The minimum atomic E-state index is -0.191. The van der Waals surface area contributed by atoms with Crippen LogP contribution >= 0.6 is 0 Å². The number of benzene rings is 1. The predicted octanol–water partition coefficient (Wildman–Crippen LogP) is 1.65. The fourth-order valence-corrected chi connectivity index (χ4v) is 1.68. The number of nitrogens with zero attached hydrogens (tertiary/aromatic N) is 1. The van der Waals surface area contributed by atoms with Crippen molar-refractivity contribution in [3.8, 4) is 11.8 Å². The molecule has 18 heavy (non-hydrogen) atoms. The Bertz CT molecular complexity index is 417. The highest BCUT2D eigenvalue weighted by Gasteiger charge is 2.00. The Balaban J connectivity index is 2.15. The third-order valence-corrected chi connectivity index (χ3v) is 2.54. The van der Waals surface area contributed by atoms with E-state index in [1.807, 2.05) is 18.2 Å². The van der Waals surface area contributed by atoms with Crippen LogP contribution in [0.5, 0.6) is 0 Å². The van der Waals surface area contributed by atoms with Gasteiger partial charge >= 0.3 is 0 Å². The molecule has 0 saturated carbocycles. The van der Waals surface area contributed by atoms with E-state index in [4.69, 9.17) is 0 Å². The molecule has 0 aromatic heterocycles. The molecule has 3 heteroatoms. The van der Waals surface area contributed by atoms with Gasteiger partial charge in [0.05, 0.1) is 0 Å². The summed E-state index contributed by atoms with van der Waals surface area (Å²) in [6, 6.07) is 10.4. The Hall–Kier alpha value is -1.79. The van der Waals surface area contributed by atoms with E-state index in [0.717, 1.165) is 19.5 Å². The summed E-state index contributed by atoms with van der Waals surface area (Å²) in [6.45, 7) is 4.22. The number of carbonyl (C=O) groups excluding carboxylic acids is 1. The first-order valence-corrected chi connectivity index (χ1v) is 6.15. The summed E-state index contributed by atoms with van der Waals surface area (Å²) in [7, 11) is 2.08. The van der Waals surface area contributed by atoms with Gasteiger partial charge in [-0.2, -0.15) is 0 Å². The Morgan fingerprint density at radius 1 is 1.33 bits per heavy atom. The van der Waals surface area contributed by atoms with E-state index in [2.05, 4.69) is 41.2 Å². The smallest absolute Gasteiger partial charge is 0.295 e. The second-order valence-electron chi connectivity index (χ2n) is 4.21. The maximum Gasteiger partial charge on any atom is 0.295 e. The molecule has 1 rings (SSSR count). The van der Waals surface area contributed by atoms with E-state index in [-0.39, 0.29) is 5.91 Å². The maximum atomic E-state index is 11.1. The summed E-state index contributed by atoms with van der Waals surface area (Å²) < 4.78 is 0. The van der Waals surface area contributed by atoms with Crippen molar-refractivity contribution in [1.29, 1.82) is 0 Å². The van der Waals surface area contributed by atoms with Crippen molar-refractivity contribution in [2.24, 2.45) is 0 Å². The van der Waals surface area contributed by atoms with Crippen LogP contribution in [0.3, 0.4) is 0 Å². The lowest BCUT2D eigenvalue weighted by atomic mass is 10.2. The normalized spacial score (nSPS) is 9.72. The van der Waals surface area contributed by atoms with Crippen LogP contribution in [0.2, 0.25) is 0 Å². The molecule has 1 aromatic rings. The molecule has 1 N–H and O–H groups in total. The van der Waals surface area contributed by atoms with Crippen LogP contribution in [-0.2, 0) is 11.3 Å². The molecular formula is C15H20N2O. The van der Waals surface area contributed by atoms with Gasteiger partial charge in [0.1, 0.15) is 0 Å². The van der Waals surface area contributed by atoms with Gasteiger partial charge in [0.25, 0.3) is 5.91 Å². The van der Waals surface area contributed by atoms with Gasteiger partial charge in [-0.3, -0.25) is 4.79 Å². The minimum absolute atomic E-state index is 0.191. The molecule has 0 heterocycles. The molecule has 0 atom stereocenters. The molecule has 0 aliphatic carbocycles. The molecule has 0 fully saturated rings. The molecule has 0 saturated heterocycles. The van der Waals surface area contributed by atoms with Gasteiger partial charge in [0, 0.05) is 13.1 Å². The van der Waals surface area contributed by atoms with Gasteiger partial charge in [0.15, 0.2) is 0 Å². The third kappa shape index (κ3) is 6.07.